The number of carbonyl (C=O) groups excluding carboxylic acids is 3. The molecule has 3 rings (SSSR count). The third-order valence-electron chi connectivity index (χ3n) is 5.44. The summed E-state index contributed by atoms with van der Waals surface area (Å²) < 4.78 is 5.16. The Balaban J connectivity index is 1.53. The molecule has 1 atom stereocenters. The molecule has 0 aliphatic heterocycles. The van der Waals surface area contributed by atoms with Gasteiger partial charge in [-0.15, -0.1) is 0 Å². The van der Waals surface area contributed by atoms with Crippen LogP contribution in [0.5, 0.6) is 0 Å². The maximum Gasteiger partial charge on any atom is 0.407 e. The van der Waals surface area contributed by atoms with Crippen molar-refractivity contribution in [1.29, 1.82) is 0 Å². The van der Waals surface area contributed by atoms with Crippen LogP contribution in [0.1, 0.15) is 26.3 Å². The fraction of sp³-hybridized carbons (Fsp3) is 0.258. The minimum atomic E-state index is -0.589. The van der Waals surface area contributed by atoms with Crippen LogP contribution in [0.2, 0.25) is 0 Å². The highest BCUT2D eigenvalue weighted by Crippen LogP contribution is 2.21. The number of carbonyl (C=O) groups is 3. The standard InChI is InChI=1S/C31H36N4O4/c1-31(2,3)39-30(38)33-21-20-32-28(36)19-18-27(22-23-10-6-4-7-11-23)35-29(37)34-26-16-14-25(15-17-26)24-12-8-5-9-13-24/h4-19,27H,20-22H2,1-3H3,(H,32,36)(H,33,38)(H2,34,35,37)/t27-/m0/s1. The largest absolute Gasteiger partial charge is 0.444 e. The van der Waals surface area contributed by atoms with E-state index in [4.69, 9.17) is 4.74 Å². The van der Waals surface area contributed by atoms with Crippen LogP contribution in [0, 0.1) is 0 Å². The van der Waals surface area contributed by atoms with Gasteiger partial charge in [-0.3, -0.25) is 4.79 Å². The molecule has 39 heavy (non-hydrogen) atoms. The number of hydrogen-bond acceptors (Lipinski definition) is 4. The van der Waals surface area contributed by atoms with Gasteiger partial charge in [0, 0.05) is 24.9 Å². The third kappa shape index (κ3) is 11.1. The molecule has 4 amide bonds. The van der Waals surface area contributed by atoms with Gasteiger partial charge in [0.2, 0.25) is 5.91 Å². The Morgan fingerprint density at radius 2 is 1.38 bits per heavy atom. The number of rotatable bonds is 10. The van der Waals surface area contributed by atoms with E-state index >= 15 is 0 Å². The molecule has 0 saturated heterocycles. The molecule has 4 N–H and O–H groups in total. The predicted molar refractivity (Wildman–Crippen MR) is 154 cm³/mol. The third-order valence-corrected chi connectivity index (χ3v) is 5.44. The Morgan fingerprint density at radius 3 is 2.03 bits per heavy atom. The molecule has 3 aromatic carbocycles. The Hall–Kier alpha value is -4.59. The molecule has 8 nitrogen and oxygen atoms in total. The second-order valence-electron chi connectivity index (χ2n) is 9.92. The van der Waals surface area contributed by atoms with Crippen LogP contribution in [0.4, 0.5) is 15.3 Å². The van der Waals surface area contributed by atoms with Gasteiger partial charge in [0.15, 0.2) is 0 Å². The molecule has 0 fully saturated rings. The van der Waals surface area contributed by atoms with Crippen molar-refractivity contribution in [2.75, 3.05) is 18.4 Å². The summed E-state index contributed by atoms with van der Waals surface area (Å²) in [5.41, 5.74) is 3.24. The number of nitrogens with one attached hydrogen (secondary N) is 4. The van der Waals surface area contributed by atoms with E-state index in [1.165, 1.54) is 6.08 Å². The van der Waals surface area contributed by atoms with Crippen molar-refractivity contribution in [2.45, 2.75) is 38.8 Å². The highest BCUT2D eigenvalue weighted by atomic mass is 16.6. The summed E-state index contributed by atoms with van der Waals surface area (Å²) in [4.78, 5) is 36.8. The smallest absolute Gasteiger partial charge is 0.407 e. The molecular formula is C31H36N4O4. The van der Waals surface area contributed by atoms with Gasteiger partial charge in [-0.25, -0.2) is 9.59 Å². The van der Waals surface area contributed by atoms with Crippen molar-refractivity contribution in [3.8, 4) is 11.1 Å². The summed E-state index contributed by atoms with van der Waals surface area (Å²) in [7, 11) is 0. The lowest BCUT2D eigenvalue weighted by molar-refractivity contribution is -0.116. The summed E-state index contributed by atoms with van der Waals surface area (Å²) in [6.45, 7) is 5.80. The first-order valence-corrected chi connectivity index (χ1v) is 12.9. The van der Waals surface area contributed by atoms with E-state index in [9.17, 15) is 14.4 Å². The Kier molecular flexibility index (Phi) is 10.7. The second-order valence-corrected chi connectivity index (χ2v) is 9.92. The second kappa shape index (κ2) is 14.4. The van der Waals surface area contributed by atoms with Gasteiger partial charge < -0.3 is 26.0 Å². The zero-order chi connectivity index (χ0) is 28.1. The Labute approximate surface area is 229 Å². The number of amides is 4. The SMILES string of the molecule is CC(C)(C)OC(=O)NCCNC(=O)C=C[C@@H](Cc1ccccc1)NC(=O)Nc1ccc(-c2ccccc2)cc1. The fourth-order valence-electron chi connectivity index (χ4n) is 3.67. The molecule has 0 bridgehead atoms. The molecule has 0 aliphatic carbocycles. The van der Waals surface area contributed by atoms with E-state index in [2.05, 4.69) is 21.3 Å². The van der Waals surface area contributed by atoms with Crippen LogP contribution in [0.15, 0.2) is 97.1 Å². The lowest BCUT2D eigenvalue weighted by Crippen LogP contribution is -2.39. The lowest BCUT2D eigenvalue weighted by atomic mass is 10.1. The van der Waals surface area contributed by atoms with Gasteiger partial charge in [-0.1, -0.05) is 78.9 Å². The Bertz CT molecular complexity index is 1240. The van der Waals surface area contributed by atoms with Gasteiger partial charge in [-0.2, -0.15) is 0 Å². The molecule has 0 spiro atoms. The molecule has 0 heterocycles. The number of benzene rings is 3. The molecule has 0 unspecified atom stereocenters. The Morgan fingerprint density at radius 1 is 0.795 bits per heavy atom. The molecule has 0 saturated carbocycles. The van der Waals surface area contributed by atoms with Crippen LogP contribution in [-0.2, 0) is 16.0 Å². The van der Waals surface area contributed by atoms with E-state index in [1.54, 1.807) is 26.8 Å². The minimum Gasteiger partial charge on any atom is -0.444 e. The van der Waals surface area contributed by atoms with Crippen LogP contribution in [0.25, 0.3) is 11.1 Å². The predicted octanol–water partition coefficient (Wildman–Crippen LogP) is 5.28. The monoisotopic (exact) mass is 528 g/mol. The van der Waals surface area contributed by atoms with Crippen LogP contribution in [-0.4, -0.2) is 42.8 Å². The van der Waals surface area contributed by atoms with Crippen molar-refractivity contribution in [3.05, 3.63) is 103 Å². The summed E-state index contributed by atoms with van der Waals surface area (Å²) in [6, 6.07) is 26.5. The van der Waals surface area contributed by atoms with Gasteiger partial charge >= 0.3 is 12.1 Å². The molecule has 8 heteroatoms. The number of alkyl carbamates (subject to hydrolysis) is 1. The zero-order valence-corrected chi connectivity index (χ0v) is 22.6. The van der Waals surface area contributed by atoms with Gasteiger partial charge in [0.1, 0.15) is 5.60 Å². The van der Waals surface area contributed by atoms with E-state index in [1.807, 2.05) is 84.9 Å². The minimum absolute atomic E-state index is 0.228. The van der Waals surface area contributed by atoms with E-state index in [-0.39, 0.29) is 25.0 Å². The first-order valence-electron chi connectivity index (χ1n) is 12.9. The van der Waals surface area contributed by atoms with Crippen molar-refractivity contribution in [3.63, 3.8) is 0 Å². The summed E-state index contributed by atoms with van der Waals surface area (Å²) in [5, 5.41) is 11.1. The van der Waals surface area contributed by atoms with Gasteiger partial charge in [-0.05, 0) is 56.0 Å². The topological polar surface area (TPSA) is 109 Å². The molecule has 0 aliphatic rings. The van der Waals surface area contributed by atoms with Crippen molar-refractivity contribution in [2.24, 2.45) is 0 Å². The van der Waals surface area contributed by atoms with Crippen LogP contribution in [0.3, 0.4) is 0 Å². The zero-order valence-electron chi connectivity index (χ0n) is 22.6. The summed E-state index contributed by atoms with van der Waals surface area (Å²) >= 11 is 0. The molecular weight excluding hydrogens is 492 g/mol. The van der Waals surface area contributed by atoms with Crippen LogP contribution >= 0.6 is 0 Å². The van der Waals surface area contributed by atoms with E-state index in [0.29, 0.717) is 12.1 Å². The van der Waals surface area contributed by atoms with Gasteiger partial charge in [0.25, 0.3) is 0 Å². The average Bonchev–Trinajstić information content (AvgIpc) is 2.90. The van der Waals surface area contributed by atoms with E-state index in [0.717, 1.165) is 16.7 Å². The average molecular weight is 529 g/mol. The molecule has 0 aromatic heterocycles. The van der Waals surface area contributed by atoms with E-state index < -0.39 is 17.7 Å². The number of ether oxygens (including phenoxy) is 1. The highest BCUT2D eigenvalue weighted by molar-refractivity contribution is 5.90. The summed E-state index contributed by atoms with van der Waals surface area (Å²) in [6.07, 6.45) is 3.00. The number of urea groups is 1. The highest BCUT2D eigenvalue weighted by Gasteiger charge is 2.15. The molecule has 3 aromatic rings. The normalized spacial score (nSPS) is 11.9. The first-order chi connectivity index (χ1) is 18.7. The number of hydrogen-bond donors (Lipinski definition) is 4. The van der Waals surface area contributed by atoms with Gasteiger partial charge in [0.05, 0.1) is 6.04 Å². The van der Waals surface area contributed by atoms with Crippen LogP contribution < -0.4 is 21.3 Å². The van der Waals surface area contributed by atoms with Crippen molar-refractivity contribution < 1.29 is 19.1 Å². The lowest BCUT2D eigenvalue weighted by Gasteiger charge is -2.19. The molecule has 204 valence electrons. The fourth-order valence-corrected chi connectivity index (χ4v) is 3.67. The van der Waals surface area contributed by atoms with Crippen molar-refractivity contribution >= 4 is 23.7 Å². The summed E-state index contributed by atoms with van der Waals surface area (Å²) in [5.74, 6) is -0.335. The first kappa shape index (κ1) is 29.0. The number of anilines is 1. The maximum absolute atomic E-state index is 12.8. The van der Waals surface area contributed by atoms with Crippen molar-refractivity contribution in [1.82, 2.24) is 16.0 Å². The molecule has 0 radical (unpaired) electrons. The quantitative estimate of drug-likeness (QED) is 0.212. The maximum atomic E-state index is 12.8.